The van der Waals surface area contributed by atoms with Gasteiger partial charge in [-0.15, -0.1) is 0 Å². The zero-order valence-corrected chi connectivity index (χ0v) is 26.7. The molecular weight excluding hydrogens is 604 g/mol. The summed E-state index contributed by atoms with van der Waals surface area (Å²) in [7, 11) is 6.40. The predicted molar refractivity (Wildman–Crippen MR) is 169 cm³/mol. The van der Waals surface area contributed by atoms with E-state index in [1.165, 1.54) is 0 Å². The number of ether oxygens (including phenoxy) is 4. The molecule has 4 aromatic carbocycles. The summed E-state index contributed by atoms with van der Waals surface area (Å²) in [5.74, 6) is -1.25. The van der Waals surface area contributed by atoms with Crippen molar-refractivity contribution in [3.8, 4) is 23.0 Å². The first-order valence-corrected chi connectivity index (χ1v) is 15.5. The van der Waals surface area contributed by atoms with Crippen molar-refractivity contribution < 1.29 is 48.7 Å². The van der Waals surface area contributed by atoms with Crippen LogP contribution >= 0.6 is 0 Å². The third-order valence-corrected chi connectivity index (χ3v) is 10.3. The second-order valence-corrected chi connectivity index (χ2v) is 12.4. The van der Waals surface area contributed by atoms with E-state index in [1.807, 2.05) is 97.1 Å². The van der Waals surface area contributed by atoms with Crippen molar-refractivity contribution in [2.75, 3.05) is 28.4 Å². The molecule has 10 heteroatoms. The lowest BCUT2D eigenvalue weighted by Crippen LogP contribution is -2.69. The van der Waals surface area contributed by atoms with Crippen molar-refractivity contribution in [2.45, 2.75) is 48.5 Å². The third kappa shape index (κ3) is 4.70. The Morgan fingerprint density at radius 2 is 0.681 bits per heavy atom. The van der Waals surface area contributed by atoms with E-state index in [0.29, 0.717) is 23.0 Å². The molecule has 2 aliphatic heterocycles. The monoisotopic (exact) mass is 642 g/mol. The van der Waals surface area contributed by atoms with Crippen LogP contribution in [0.25, 0.3) is 0 Å². The van der Waals surface area contributed by atoms with E-state index in [1.54, 1.807) is 28.4 Å². The molecule has 1 saturated carbocycles. The maximum absolute atomic E-state index is 12.4. The molecule has 0 amide bonds. The van der Waals surface area contributed by atoms with Gasteiger partial charge in [-0.1, -0.05) is 48.5 Å². The molecular formula is C37H38O10. The Morgan fingerprint density at radius 3 is 0.915 bits per heavy atom. The van der Waals surface area contributed by atoms with Gasteiger partial charge >= 0.3 is 0 Å². The molecule has 3 fully saturated rings. The zero-order chi connectivity index (χ0) is 32.9. The normalized spacial score (nSPS) is 27.3. The van der Waals surface area contributed by atoms with Crippen LogP contribution in [0, 0.1) is 5.41 Å². The highest BCUT2D eigenvalue weighted by Gasteiger charge is 2.79. The molecule has 4 aromatic rings. The fraction of sp³-hybridized carbons (Fsp3) is 0.351. The first kappa shape index (κ1) is 31.4. The number of methoxy groups -OCH3 is 4. The zero-order valence-electron chi connectivity index (χ0n) is 26.7. The largest absolute Gasteiger partial charge is 0.497 e. The van der Waals surface area contributed by atoms with E-state index in [4.69, 9.17) is 38.5 Å². The van der Waals surface area contributed by atoms with E-state index in [2.05, 4.69) is 0 Å². The van der Waals surface area contributed by atoms with Crippen LogP contribution in [0.5, 0.6) is 23.0 Å². The molecule has 7 rings (SSSR count). The highest BCUT2D eigenvalue weighted by molar-refractivity contribution is 5.46. The minimum absolute atomic E-state index is 0.0372. The topological polar surface area (TPSA) is 114 Å². The Morgan fingerprint density at radius 1 is 0.426 bits per heavy atom. The molecule has 10 nitrogen and oxygen atoms in total. The highest BCUT2D eigenvalue weighted by atomic mass is 17.3. The SMILES string of the molecule is COc1ccc(C2(c3ccc(OC)cc3)CC34CC(c5ccc(OC)cc5)(c5ccc(OC)cc5)OOC3(O)CCC4(O)OO2)cc1. The standard InChI is InChI=1S/C37H38O10/c1-40-29-13-5-25(6-14-29)34(26-7-15-30(41-2)16-8-26)23-33-24-35(27-9-17-31(42-3)18-10-27,28-11-19-32(43-4)20-12-28)45-47-37(33,39)22-21-36(33,38)46-44-34/h5-20,38-39H,21-24H2,1-4H3. The number of hydrogen-bond donors (Lipinski definition) is 2. The molecule has 47 heavy (non-hydrogen) atoms. The van der Waals surface area contributed by atoms with Crippen LogP contribution in [0.1, 0.15) is 47.9 Å². The van der Waals surface area contributed by atoms with Gasteiger partial charge in [0.15, 0.2) is 11.2 Å². The Bertz CT molecular complexity index is 1480. The Balaban J connectivity index is 1.44. The van der Waals surface area contributed by atoms with Gasteiger partial charge in [-0.3, -0.25) is 0 Å². The van der Waals surface area contributed by atoms with Crippen molar-refractivity contribution in [3.05, 3.63) is 119 Å². The van der Waals surface area contributed by atoms with Gasteiger partial charge in [0.25, 0.3) is 0 Å². The second kappa shape index (κ2) is 11.5. The summed E-state index contributed by atoms with van der Waals surface area (Å²) < 4.78 is 21.8. The predicted octanol–water partition coefficient (Wildman–Crippen LogP) is 5.77. The molecule has 2 N–H and O–H groups in total. The Hall–Kier alpha value is -4.16. The van der Waals surface area contributed by atoms with E-state index in [-0.39, 0.29) is 25.7 Å². The van der Waals surface area contributed by atoms with E-state index < -0.39 is 28.2 Å². The van der Waals surface area contributed by atoms with Crippen LogP contribution in [0.4, 0.5) is 0 Å². The smallest absolute Gasteiger partial charge is 0.210 e. The van der Waals surface area contributed by atoms with Crippen molar-refractivity contribution in [3.63, 3.8) is 0 Å². The fourth-order valence-electron chi connectivity index (χ4n) is 7.54. The van der Waals surface area contributed by atoms with Crippen molar-refractivity contribution >= 4 is 0 Å². The number of aliphatic hydroxyl groups is 2. The lowest BCUT2D eigenvalue weighted by Gasteiger charge is -2.60. The maximum atomic E-state index is 12.4. The van der Waals surface area contributed by atoms with Gasteiger partial charge in [-0.05, 0) is 70.8 Å². The van der Waals surface area contributed by atoms with Gasteiger partial charge in [-0.2, -0.15) is 9.78 Å². The minimum Gasteiger partial charge on any atom is -0.497 e. The molecule has 0 bridgehead atoms. The average Bonchev–Trinajstić information content (AvgIpc) is 3.37. The fourth-order valence-corrected chi connectivity index (χ4v) is 7.54. The number of rotatable bonds is 8. The summed E-state index contributed by atoms with van der Waals surface area (Å²) in [6.07, 6.45) is 0.192. The lowest BCUT2D eigenvalue weighted by molar-refractivity contribution is -0.576. The molecule has 3 aliphatic rings. The summed E-state index contributed by atoms with van der Waals surface area (Å²) in [5, 5.41) is 24.8. The number of hydrogen-bond acceptors (Lipinski definition) is 10. The third-order valence-electron chi connectivity index (χ3n) is 10.3. The van der Waals surface area contributed by atoms with Gasteiger partial charge in [0.1, 0.15) is 23.0 Å². The summed E-state index contributed by atoms with van der Waals surface area (Å²) in [5.41, 5.74) is -1.22. The minimum atomic E-state index is -1.95. The lowest BCUT2D eigenvalue weighted by atomic mass is 9.59. The molecule has 246 valence electrons. The van der Waals surface area contributed by atoms with E-state index >= 15 is 0 Å². The first-order valence-electron chi connectivity index (χ1n) is 15.5. The van der Waals surface area contributed by atoms with Crippen molar-refractivity contribution in [1.29, 1.82) is 0 Å². The average molecular weight is 643 g/mol. The summed E-state index contributed by atoms with van der Waals surface area (Å²) in [6, 6.07) is 29.8. The molecule has 1 spiro atoms. The van der Waals surface area contributed by atoms with Gasteiger partial charge in [0.2, 0.25) is 11.6 Å². The highest BCUT2D eigenvalue weighted by Crippen LogP contribution is 2.70. The van der Waals surface area contributed by atoms with Gasteiger partial charge in [0.05, 0.1) is 33.9 Å². The Kier molecular flexibility index (Phi) is 7.70. The molecule has 0 radical (unpaired) electrons. The van der Waals surface area contributed by atoms with Gasteiger partial charge in [-0.25, -0.2) is 9.78 Å². The second-order valence-electron chi connectivity index (χ2n) is 12.4. The quantitative estimate of drug-likeness (QED) is 0.230. The molecule has 2 heterocycles. The molecule has 1 aliphatic carbocycles. The molecule has 2 atom stereocenters. The van der Waals surface area contributed by atoms with Crippen LogP contribution in [-0.2, 0) is 30.8 Å². The van der Waals surface area contributed by atoms with E-state index in [9.17, 15) is 10.2 Å². The number of benzene rings is 4. The first-order chi connectivity index (χ1) is 22.7. The van der Waals surface area contributed by atoms with Crippen LogP contribution in [0.15, 0.2) is 97.1 Å². The maximum Gasteiger partial charge on any atom is 0.210 e. The van der Waals surface area contributed by atoms with E-state index in [0.717, 1.165) is 22.3 Å². The molecule has 2 unspecified atom stereocenters. The van der Waals surface area contributed by atoms with Crippen LogP contribution in [0.3, 0.4) is 0 Å². The molecule has 2 saturated heterocycles. The summed E-state index contributed by atoms with van der Waals surface area (Å²) in [6.45, 7) is 0. The van der Waals surface area contributed by atoms with Crippen molar-refractivity contribution in [2.24, 2.45) is 5.41 Å². The van der Waals surface area contributed by atoms with Gasteiger partial charge < -0.3 is 29.2 Å². The molecule has 0 aromatic heterocycles. The summed E-state index contributed by atoms with van der Waals surface area (Å²) >= 11 is 0. The Labute approximate surface area is 273 Å². The summed E-state index contributed by atoms with van der Waals surface area (Å²) in [4.78, 5) is 25.0. The van der Waals surface area contributed by atoms with Crippen molar-refractivity contribution in [1.82, 2.24) is 0 Å². The van der Waals surface area contributed by atoms with Crippen LogP contribution < -0.4 is 18.9 Å². The van der Waals surface area contributed by atoms with Gasteiger partial charge in [0, 0.05) is 25.7 Å². The van der Waals surface area contributed by atoms with Crippen LogP contribution in [0.2, 0.25) is 0 Å². The van der Waals surface area contributed by atoms with Crippen LogP contribution in [-0.4, -0.2) is 50.2 Å².